The molecule has 0 bridgehead atoms. The van der Waals surface area contributed by atoms with Gasteiger partial charge in [-0.1, -0.05) is 95.8 Å². The fourth-order valence-corrected chi connectivity index (χ4v) is 6.33. The number of fused-ring (bicyclic) bond motifs is 2. The molecule has 1 aromatic heterocycles. The van der Waals surface area contributed by atoms with Crippen LogP contribution < -0.4 is 19.6 Å². The quantitative estimate of drug-likeness (QED) is 0.229. The lowest BCUT2D eigenvalue weighted by atomic mass is 9.95. The van der Waals surface area contributed by atoms with Crippen molar-refractivity contribution in [1.82, 2.24) is 4.57 Å². The zero-order chi connectivity index (χ0) is 29.2. The molecule has 1 atom stereocenters. The van der Waals surface area contributed by atoms with E-state index in [9.17, 15) is 9.59 Å². The topological polar surface area (TPSA) is 69.9 Å². The molecule has 1 aliphatic rings. The molecule has 6 rings (SSSR count). The van der Waals surface area contributed by atoms with Gasteiger partial charge in [0.05, 0.1) is 28.5 Å². The molecule has 5 aromatic rings. The molecule has 0 radical (unpaired) electrons. The largest absolute Gasteiger partial charge is 0.489 e. The van der Waals surface area contributed by atoms with Gasteiger partial charge in [0, 0.05) is 0 Å². The lowest BCUT2D eigenvalue weighted by Gasteiger charge is -2.24. The summed E-state index contributed by atoms with van der Waals surface area (Å²) in [5.41, 5.74) is 4.58. The Balaban J connectivity index is 1.36. The number of aryl methyl sites for hydroxylation is 1. The van der Waals surface area contributed by atoms with Crippen molar-refractivity contribution in [2.24, 2.45) is 4.99 Å². The number of hydrogen-bond acceptors (Lipinski definition) is 6. The lowest BCUT2D eigenvalue weighted by Crippen LogP contribution is -2.39. The molecule has 0 amide bonds. The molecule has 2 heterocycles. The minimum atomic E-state index is -0.626. The van der Waals surface area contributed by atoms with Crippen LogP contribution in [0.2, 0.25) is 0 Å². The van der Waals surface area contributed by atoms with Crippen LogP contribution in [0.3, 0.4) is 0 Å². The zero-order valence-corrected chi connectivity index (χ0v) is 24.5. The van der Waals surface area contributed by atoms with Crippen molar-refractivity contribution in [3.63, 3.8) is 0 Å². The summed E-state index contributed by atoms with van der Waals surface area (Å²) in [5.74, 6) is 0.247. The second-order valence-electron chi connectivity index (χ2n) is 10.2. The molecule has 0 spiro atoms. The normalized spacial score (nSPS) is 14.9. The first-order valence-electron chi connectivity index (χ1n) is 13.9. The summed E-state index contributed by atoms with van der Waals surface area (Å²) in [4.78, 5) is 32.2. The molecule has 0 fully saturated rings. The molecule has 4 aromatic carbocycles. The van der Waals surface area contributed by atoms with Crippen LogP contribution in [0.25, 0.3) is 16.8 Å². The number of carbonyl (C=O) groups is 1. The minimum absolute atomic E-state index is 0.208. The van der Waals surface area contributed by atoms with Gasteiger partial charge in [0.15, 0.2) is 4.80 Å². The first kappa shape index (κ1) is 27.4. The summed E-state index contributed by atoms with van der Waals surface area (Å²) in [6.45, 7) is 6.23. The Morgan fingerprint density at radius 1 is 0.976 bits per heavy atom. The van der Waals surface area contributed by atoms with Crippen LogP contribution in [0.5, 0.6) is 5.75 Å². The first-order chi connectivity index (χ1) is 20.4. The van der Waals surface area contributed by atoms with Gasteiger partial charge in [-0.2, -0.15) is 0 Å². The summed E-state index contributed by atoms with van der Waals surface area (Å²) >= 11 is 1.31. The van der Waals surface area contributed by atoms with Crippen LogP contribution in [-0.2, 0) is 16.1 Å². The molecule has 42 heavy (non-hydrogen) atoms. The predicted octanol–water partition coefficient (Wildman–Crippen LogP) is 5.84. The third-order valence-electron chi connectivity index (χ3n) is 7.34. The maximum absolute atomic E-state index is 13.9. The number of esters is 1. The molecule has 0 saturated heterocycles. The van der Waals surface area contributed by atoms with Gasteiger partial charge in [-0.25, -0.2) is 9.79 Å². The second-order valence-corrected chi connectivity index (χ2v) is 11.2. The number of carbonyl (C=O) groups excluding carboxylic acids is 1. The van der Waals surface area contributed by atoms with E-state index in [1.54, 1.807) is 18.4 Å². The highest BCUT2D eigenvalue weighted by molar-refractivity contribution is 7.07. The Kier molecular flexibility index (Phi) is 7.59. The van der Waals surface area contributed by atoms with Crippen molar-refractivity contribution in [3.05, 3.63) is 144 Å². The smallest absolute Gasteiger partial charge is 0.338 e. The van der Waals surface area contributed by atoms with Crippen molar-refractivity contribution in [2.45, 2.75) is 33.4 Å². The summed E-state index contributed by atoms with van der Waals surface area (Å²) in [6.07, 6.45) is 1.85. The number of benzene rings is 4. The SMILES string of the molecule is CCOC(=O)C1=C(C)N=c2s/c(=C\c3cccc(OCc4cccc5ccccc45)c3)c(=O)n2[C@@H]1c1ccc(C)cc1. The van der Waals surface area contributed by atoms with Crippen LogP contribution >= 0.6 is 11.3 Å². The number of hydrogen-bond donors (Lipinski definition) is 0. The lowest BCUT2D eigenvalue weighted by molar-refractivity contribution is -0.139. The van der Waals surface area contributed by atoms with Crippen molar-refractivity contribution in [1.29, 1.82) is 0 Å². The third-order valence-corrected chi connectivity index (χ3v) is 8.32. The number of thiazole rings is 1. The average molecular weight is 575 g/mol. The number of nitrogens with zero attached hydrogens (tertiary/aromatic N) is 2. The van der Waals surface area contributed by atoms with E-state index in [1.165, 1.54) is 16.7 Å². The van der Waals surface area contributed by atoms with Crippen molar-refractivity contribution < 1.29 is 14.3 Å². The first-order valence-corrected chi connectivity index (χ1v) is 14.7. The third kappa shape index (κ3) is 5.31. The summed E-state index contributed by atoms with van der Waals surface area (Å²) < 4.78 is 13.7. The van der Waals surface area contributed by atoms with Gasteiger partial charge < -0.3 is 9.47 Å². The number of aromatic nitrogens is 1. The van der Waals surface area contributed by atoms with Gasteiger partial charge in [0.2, 0.25) is 0 Å². The Labute approximate surface area is 247 Å². The fraction of sp³-hybridized carbons (Fsp3) is 0.171. The van der Waals surface area contributed by atoms with Crippen molar-refractivity contribution in [3.8, 4) is 5.75 Å². The van der Waals surface area contributed by atoms with E-state index in [0.717, 1.165) is 27.6 Å². The number of allylic oxidation sites excluding steroid dienone is 1. The number of rotatable bonds is 7. The van der Waals surface area contributed by atoms with Gasteiger partial charge in [-0.15, -0.1) is 0 Å². The van der Waals surface area contributed by atoms with Crippen molar-refractivity contribution in [2.75, 3.05) is 6.61 Å². The molecule has 7 heteroatoms. The van der Waals surface area contributed by atoms with Crippen LogP contribution in [0.15, 0.2) is 112 Å². The highest BCUT2D eigenvalue weighted by Crippen LogP contribution is 2.31. The average Bonchev–Trinajstić information content (AvgIpc) is 3.29. The molecule has 6 nitrogen and oxygen atoms in total. The maximum Gasteiger partial charge on any atom is 0.338 e. The Morgan fingerprint density at radius 3 is 2.55 bits per heavy atom. The standard InChI is InChI=1S/C35H30N2O4S/c1-4-40-34(39)31-23(3)36-35-37(32(31)26-17-15-22(2)16-18-26)33(38)30(42-35)20-24-9-7-13-28(19-24)41-21-27-12-8-11-25-10-5-6-14-29(25)27/h5-20,32H,4,21H2,1-3H3/b30-20-/t32-/m1/s1. The Hall–Kier alpha value is -4.75. The van der Waals surface area contributed by atoms with Gasteiger partial charge in [0.25, 0.3) is 5.56 Å². The predicted molar refractivity (Wildman–Crippen MR) is 166 cm³/mol. The molecule has 1 aliphatic heterocycles. The van der Waals surface area contributed by atoms with Gasteiger partial charge in [-0.3, -0.25) is 9.36 Å². The zero-order valence-electron chi connectivity index (χ0n) is 23.7. The van der Waals surface area contributed by atoms with Crippen LogP contribution in [0.1, 0.15) is 42.1 Å². The monoisotopic (exact) mass is 574 g/mol. The molecule has 0 N–H and O–H groups in total. The summed E-state index contributed by atoms with van der Waals surface area (Å²) in [5, 5.41) is 2.34. The molecule has 0 saturated carbocycles. The molecular formula is C35H30N2O4S. The van der Waals surface area contributed by atoms with E-state index in [4.69, 9.17) is 9.47 Å². The van der Waals surface area contributed by atoms with E-state index >= 15 is 0 Å². The minimum Gasteiger partial charge on any atom is -0.489 e. The molecule has 210 valence electrons. The summed E-state index contributed by atoms with van der Waals surface area (Å²) in [6, 6.07) is 29.4. The molecule has 0 unspecified atom stereocenters. The van der Waals surface area contributed by atoms with E-state index in [1.807, 2.05) is 79.7 Å². The van der Waals surface area contributed by atoms with E-state index < -0.39 is 12.0 Å². The van der Waals surface area contributed by atoms with Crippen LogP contribution in [-0.4, -0.2) is 17.1 Å². The van der Waals surface area contributed by atoms with Crippen LogP contribution in [0, 0.1) is 6.92 Å². The fourth-order valence-electron chi connectivity index (χ4n) is 5.28. The second kappa shape index (κ2) is 11.6. The highest BCUT2D eigenvalue weighted by Gasteiger charge is 2.33. The van der Waals surface area contributed by atoms with E-state index in [2.05, 4.69) is 29.3 Å². The Morgan fingerprint density at radius 2 is 1.74 bits per heavy atom. The maximum atomic E-state index is 13.9. The Bertz CT molecular complexity index is 2010. The van der Waals surface area contributed by atoms with E-state index in [-0.39, 0.29) is 12.2 Å². The molecular weight excluding hydrogens is 544 g/mol. The van der Waals surface area contributed by atoms with Gasteiger partial charge in [-0.05, 0) is 66.4 Å². The van der Waals surface area contributed by atoms with Crippen molar-refractivity contribution >= 4 is 34.2 Å². The highest BCUT2D eigenvalue weighted by atomic mass is 32.1. The molecule has 0 aliphatic carbocycles. The van der Waals surface area contributed by atoms with Crippen LogP contribution in [0.4, 0.5) is 0 Å². The van der Waals surface area contributed by atoms with Gasteiger partial charge >= 0.3 is 5.97 Å². The number of ether oxygens (including phenoxy) is 2. The summed E-state index contributed by atoms with van der Waals surface area (Å²) in [7, 11) is 0. The van der Waals surface area contributed by atoms with E-state index in [0.29, 0.717) is 33.0 Å². The van der Waals surface area contributed by atoms with Gasteiger partial charge in [0.1, 0.15) is 12.4 Å².